The van der Waals surface area contributed by atoms with Crippen molar-refractivity contribution < 1.29 is 64.6 Å². The van der Waals surface area contributed by atoms with E-state index in [0.717, 1.165) is 38.5 Å². The summed E-state index contributed by atoms with van der Waals surface area (Å²) in [5.41, 5.74) is 0. The molecule has 12 atom stereocenters. The molecule has 0 spiro atoms. The fourth-order valence-electron chi connectivity index (χ4n) is 10.9. The summed E-state index contributed by atoms with van der Waals surface area (Å²) in [4.78, 5) is 13.3. The Hall–Kier alpha value is -2.05. The van der Waals surface area contributed by atoms with E-state index in [1.165, 1.54) is 205 Å². The maximum atomic E-state index is 13.3. The van der Waals surface area contributed by atoms with Crippen molar-refractivity contribution in [3.8, 4) is 0 Å². The van der Waals surface area contributed by atoms with Gasteiger partial charge in [0.05, 0.1) is 32.0 Å². The van der Waals surface area contributed by atoms with Gasteiger partial charge in [-0.1, -0.05) is 255 Å². The van der Waals surface area contributed by atoms with Gasteiger partial charge in [-0.3, -0.25) is 4.79 Å². The molecule has 0 bridgehead atoms. The number of ether oxygens (including phenoxy) is 4. The van der Waals surface area contributed by atoms with Gasteiger partial charge in [0.2, 0.25) is 5.91 Å². The van der Waals surface area contributed by atoms with E-state index in [9.17, 15) is 45.6 Å². The lowest BCUT2D eigenvalue weighted by Crippen LogP contribution is -2.65. The fourth-order valence-corrected chi connectivity index (χ4v) is 10.9. The van der Waals surface area contributed by atoms with E-state index in [4.69, 9.17) is 18.9 Å². The number of carbonyl (C=O) groups is 1. The minimum absolute atomic E-state index is 0.246. The average Bonchev–Trinajstić information content (AvgIpc) is 3.47. The number of hydrogen-bond donors (Lipinski definition) is 9. The van der Waals surface area contributed by atoms with Crippen molar-refractivity contribution in [2.45, 2.75) is 351 Å². The highest BCUT2D eigenvalue weighted by Crippen LogP contribution is 2.30. The molecule has 81 heavy (non-hydrogen) atoms. The topological polar surface area (TPSA) is 228 Å². The molecule has 474 valence electrons. The number of nitrogens with one attached hydrogen (secondary N) is 1. The van der Waals surface area contributed by atoms with Gasteiger partial charge in [0.25, 0.3) is 0 Å². The Morgan fingerprint density at radius 2 is 0.827 bits per heavy atom. The molecule has 2 rings (SSSR count). The molecule has 0 aromatic carbocycles. The molecule has 1 amide bonds. The Bertz CT molecular complexity index is 1540. The van der Waals surface area contributed by atoms with Crippen LogP contribution in [0.25, 0.3) is 0 Å². The number of unbranched alkanes of at least 4 members (excludes halogenated alkanes) is 35. The van der Waals surface area contributed by atoms with Crippen LogP contribution in [0.2, 0.25) is 0 Å². The summed E-state index contributed by atoms with van der Waals surface area (Å²) in [6.07, 6.45) is 50.3. The first kappa shape index (κ1) is 75.0. The lowest BCUT2D eigenvalue weighted by Gasteiger charge is -2.46. The molecule has 2 aliphatic rings. The van der Waals surface area contributed by atoms with Gasteiger partial charge < -0.3 is 65.1 Å². The van der Waals surface area contributed by atoms with Crippen molar-refractivity contribution in [3.05, 3.63) is 48.6 Å². The zero-order chi connectivity index (χ0) is 58.8. The first-order valence-corrected chi connectivity index (χ1v) is 33.4. The van der Waals surface area contributed by atoms with Crippen molar-refractivity contribution in [3.63, 3.8) is 0 Å². The fraction of sp³-hybridized carbons (Fsp3) is 0.866. The van der Waals surface area contributed by atoms with Gasteiger partial charge in [-0.25, -0.2) is 0 Å². The van der Waals surface area contributed by atoms with Gasteiger partial charge in [-0.05, 0) is 64.2 Å². The molecule has 2 heterocycles. The Balaban J connectivity index is 1.66. The summed E-state index contributed by atoms with van der Waals surface area (Å²) in [5, 5.41) is 87.2. The second-order valence-electron chi connectivity index (χ2n) is 23.6. The van der Waals surface area contributed by atoms with E-state index < -0.39 is 86.8 Å². The molecule has 0 aliphatic carbocycles. The van der Waals surface area contributed by atoms with Crippen LogP contribution in [0.15, 0.2) is 48.6 Å². The van der Waals surface area contributed by atoms with Crippen LogP contribution in [-0.2, 0) is 23.7 Å². The first-order chi connectivity index (χ1) is 39.6. The summed E-state index contributed by atoms with van der Waals surface area (Å²) in [6, 6.07) is -0.931. The number of aliphatic hydroxyl groups excluding tert-OH is 8. The highest BCUT2D eigenvalue weighted by atomic mass is 16.7. The van der Waals surface area contributed by atoms with Crippen LogP contribution in [0.5, 0.6) is 0 Å². The molecule has 2 aliphatic heterocycles. The normalized spacial score (nSPS) is 24.4. The number of carbonyl (C=O) groups excluding carboxylic acids is 1. The van der Waals surface area contributed by atoms with E-state index in [0.29, 0.717) is 12.8 Å². The molecule has 2 saturated heterocycles. The molecule has 2 fully saturated rings. The maximum absolute atomic E-state index is 13.3. The van der Waals surface area contributed by atoms with E-state index in [2.05, 4.69) is 55.6 Å². The molecular weight excluding hydrogens is 1030 g/mol. The number of aliphatic hydroxyl groups is 8. The molecule has 14 heteroatoms. The zero-order valence-electron chi connectivity index (χ0n) is 51.3. The van der Waals surface area contributed by atoms with Crippen LogP contribution in [0.1, 0.15) is 277 Å². The highest BCUT2D eigenvalue weighted by Gasteiger charge is 2.51. The molecule has 0 radical (unpaired) electrons. The number of hydrogen-bond acceptors (Lipinski definition) is 13. The third-order valence-electron chi connectivity index (χ3n) is 16.2. The van der Waals surface area contributed by atoms with E-state index in [1.54, 1.807) is 6.08 Å². The highest BCUT2D eigenvalue weighted by molar-refractivity contribution is 5.76. The molecule has 0 saturated carbocycles. The van der Waals surface area contributed by atoms with E-state index in [1.807, 2.05) is 6.08 Å². The number of allylic oxidation sites excluding steroid dienone is 7. The van der Waals surface area contributed by atoms with E-state index in [-0.39, 0.29) is 18.9 Å². The SMILES string of the molecule is CCCCCCC/C=C\C/C=C\CCCCCCCCCCCCCCCCCCCCCC(=O)NC(COC1OC(CO)C(OC2OC(CO)C(O)C(O)C2O)C(O)C1O)C(O)/C=C/CC/C=C/CCCCCCCCCCCC. The summed E-state index contributed by atoms with van der Waals surface area (Å²) < 4.78 is 22.8. The Labute approximate surface area is 493 Å². The van der Waals surface area contributed by atoms with Gasteiger partial charge >= 0.3 is 0 Å². The van der Waals surface area contributed by atoms with Crippen molar-refractivity contribution in [2.75, 3.05) is 19.8 Å². The molecule has 9 N–H and O–H groups in total. The van der Waals surface area contributed by atoms with Crippen molar-refractivity contribution >= 4 is 5.91 Å². The van der Waals surface area contributed by atoms with Gasteiger partial charge in [-0.15, -0.1) is 0 Å². The standard InChI is InChI=1S/C67H123NO13/c1-3-5-7-9-11-13-15-17-19-21-22-23-24-25-26-27-28-29-30-31-32-33-34-35-37-39-41-43-45-47-49-51-59(72)68-55(56(71)50-48-46-44-42-40-38-36-20-18-16-14-12-10-8-6-4-2)54-78-66-64(77)62(75)65(58(53-70)80-66)81-67-63(76)61(74)60(73)57(52-69)79-67/h15,17,21-22,40,42,48,50,55-58,60-67,69-71,73-77H,3-14,16,18-20,23-39,41,43-47,49,51-54H2,1-2H3,(H,68,72)/b17-15-,22-21-,42-40+,50-48+. The number of amides is 1. The Kier molecular flexibility index (Phi) is 48.5. The van der Waals surface area contributed by atoms with Crippen molar-refractivity contribution in [1.29, 1.82) is 0 Å². The Morgan fingerprint density at radius 3 is 1.28 bits per heavy atom. The quantitative estimate of drug-likeness (QED) is 0.0204. The van der Waals surface area contributed by atoms with Crippen molar-refractivity contribution in [2.24, 2.45) is 0 Å². The summed E-state index contributed by atoms with van der Waals surface area (Å²) in [5.74, 6) is -0.246. The van der Waals surface area contributed by atoms with Crippen LogP contribution < -0.4 is 5.32 Å². The minimum Gasteiger partial charge on any atom is -0.394 e. The predicted molar refractivity (Wildman–Crippen MR) is 327 cm³/mol. The molecular formula is C67H123NO13. The van der Waals surface area contributed by atoms with Gasteiger partial charge in [0.15, 0.2) is 12.6 Å². The second kappa shape index (κ2) is 52.3. The summed E-state index contributed by atoms with van der Waals surface area (Å²) in [6.45, 7) is 2.79. The Morgan fingerprint density at radius 1 is 0.444 bits per heavy atom. The lowest BCUT2D eigenvalue weighted by molar-refractivity contribution is -0.359. The predicted octanol–water partition coefficient (Wildman–Crippen LogP) is 12.7. The van der Waals surface area contributed by atoms with Crippen molar-refractivity contribution in [1.82, 2.24) is 5.32 Å². The van der Waals surface area contributed by atoms with Crippen LogP contribution >= 0.6 is 0 Å². The van der Waals surface area contributed by atoms with Crippen LogP contribution in [0.4, 0.5) is 0 Å². The summed E-state index contributed by atoms with van der Waals surface area (Å²) >= 11 is 0. The minimum atomic E-state index is -1.79. The van der Waals surface area contributed by atoms with Crippen LogP contribution in [0.3, 0.4) is 0 Å². The first-order valence-electron chi connectivity index (χ1n) is 33.4. The lowest BCUT2D eigenvalue weighted by atomic mass is 9.97. The smallest absolute Gasteiger partial charge is 0.220 e. The zero-order valence-corrected chi connectivity index (χ0v) is 51.3. The van der Waals surface area contributed by atoms with Crippen LogP contribution in [0, 0.1) is 0 Å². The van der Waals surface area contributed by atoms with Gasteiger partial charge in [-0.2, -0.15) is 0 Å². The van der Waals surface area contributed by atoms with E-state index >= 15 is 0 Å². The molecule has 0 aromatic rings. The number of rotatable bonds is 54. The van der Waals surface area contributed by atoms with Gasteiger partial charge in [0.1, 0.15) is 48.8 Å². The third-order valence-corrected chi connectivity index (χ3v) is 16.2. The second-order valence-corrected chi connectivity index (χ2v) is 23.6. The maximum Gasteiger partial charge on any atom is 0.220 e. The molecule has 14 nitrogen and oxygen atoms in total. The largest absolute Gasteiger partial charge is 0.394 e. The van der Waals surface area contributed by atoms with Crippen LogP contribution in [-0.4, -0.2) is 140 Å². The summed E-state index contributed by atoms with van der Waals surface area (Å²) in [7, 11) is 0. The molecule has 0 aromatic heterocycles. The monoisotopic (exact) mass is 1150 g/mol. The van der Waals surface area contributed by atoms with Gasteiger partial charge in [0, 0.05) is 6.42 Å². The molecule has 12 unspecified atom stereocenters. The third kappa shape index (κ3) is 37.2. The average molecular weight is 1150 g/mol.